The van der Waals surface area contributed by atoms with Gasteiger partial charge < -0.3 is 20.3 Å². The average Bonchev–Trinajstić information content (AvgIpc) is 2.52. The Morgan fingerprint density at radius 3 is 2.93 bits per heavy atom. The highest BCUT2D eigenvalue weighted by molar-refractivity contribution is 5.48. The Hall–Kier alpha value is -1.26. The second-order valence-corrected chi connectivity index (χ2v) is 3.51. The molecule has 1 aliphatic rings. The molecule has 2 rings (SSSR count). The minimum atomic E-state index is -0.415. The molecule has 0 bridgehead atoms. The van der Waals surface area contributed by atoms with Gasteiger partial charge in [0.05, 0.1) is 25.9 Å². The van der Waals surface area contributed by atoms with Crippen LogP contribution in [-0.4, -0.2) is 24.9 Å². The molecule has 0 spiro atoms. The van der Waals surface area contributed by atoms with Gasteiger partial charge in [-0.3, -0.25) is 0 Å². The number of fused-ring (bicyclic) bond motifs is 1. The first-order chi connectivity index (χ1) is 7.33. The van der Waals surface area contributed by atoms with Crippen LogP contribution >= 0.6 is 0 Å². The third-order valence-electron chi connectivity index (χ3n) is 2.40. The van der Waals surface area contributed by atoms with Crippen molar-refractivity contribution >= 4 is 0 Å². The van der Waals surface area contributed by atoms with Crippen LogP contribution in [-0.2, 0) is 0 Å². The van der Waals surface area contributed by atoms with Gasteiger partial charge in [-0.25, -0.2) is 0 Å². The number of para-hydroxylation sites is 1. The summed E-state index contributed by atoms with van der Waals surface area (Å²) >= 11 is 0. The van der Waals surface area contributed by atoms with Gasteiger partial charge in [0.25, 0.3) is 0 Å². The fraction of sp³-hybridized carbons (Fsp3) is 0.455. The van der Waals surface area contributed by atoms with Crippen LogP contribution in [0.1, 0.15) is 18.0 Å². The zero-order chi connectivity index (χ0) is 10.7. The molecular formula is C11H15NO3. The molecule has 0 amide bonds. The Balaban J connectivity index is 2.38. The first-order valence-electron chi connectivity index (χ1n) is 5.08. The normalized spacial score (nSPS) is 16.9. The van der Waals surface area contributed by atoms with Crippen LogP contribution in [0.15, 0.2) is 18.2 Å². The van der Waals surface area contributed by atoms with Crippen molar-refractivity contribution < 1.29 is 14.6 Å². The summed E-state index contributed by atoms with van der Waals surface area (Å²) < 4.78 is 11.1. The summed E-state index contributed by atoms with van der Waals surface area (Å²) in [5.41, 5.74) is 6.59. The zero-order valence-corrected chi connectivity index (χ0v) is 8.48. The highest BCUT2D eigenvalue weighted by Crippen LogP contribution is 2.35. The third-order valence-corrected chi connectivity index (χ3v) is 2.40. The highest BCUT2D eigenvalue weighted by Gasteiger charge is 2.17. The van der Waals surface area contributed by atoms with E-state index in [1.54, 1.807) is 0 Å². The highest BCUT2D eigenvalue weighted by atomic mass is 16.5. The predicted octanol–water partition coefficient (Wildman–Crippen LogP) is 0.840. The van der Waals surface area contributed by atoms with E-state index in [1.807, 2.05) is 18.2 Å². The van der Waals surface area contributed by atoms with E-state index < -0.39 is 6.04 Å². The number of hydrogen-bond acceptors (Lipinski definition) is 4. The van der Waals surface area contributed by atoms with Crippen LogP contribution in [0.25, 0.3) is 0 Å². The molecule has 82 valence electrons. The van der Waals surface area contributed by atoms with Crippen LogP contribution in [0.5, 0.6) is 11.5 Å². The molecule has 1 unspecified atom stereocenters. The molecule has 1 heterocycles. The Labute approximate surface area is 88.6 Å². The van der Waals surface area contributed by atoms with E-state index in [-0.39, 0.29) is 6.61 Å². The van der Waals surface area contributed by atoms with E-state index in [0.717, 1.165) is 12.0 Å². The lowest BCUT2D eigenvalue weighted by molar-refractivity contribution is 0.260. The number of hydrogen-bond donors (Lipinski definition) is 2. The number of rotatable bonds is 2. The van der Waals surface area contributed by atoms with Crippen molar-refractivity contribution in [2.24, 2.45) is 5.73 Å². The van der Waals surface area contributed by atoms with Gasteiger partial charge in [-0.05, 0) is 6.07 Å². The van der Waals surface area contributed by atoms with Gasteiger partial charge >= 0.3 is 0 Å². The third kappa shape index (κ3) is 2.06. The molecular weight excluding hydrogens is 194 g/mol. The van der Waals surface area contributed by atoms with E-state index in [2.05, 4.69) is 0 Å². The Bertz CT molecular complexity index is 341. The number of benzene rings is 1. The molecule has 0 aromatic heterocycles. The van der Waals surface area contributed by atoms with Crippen molar-refractivity contribution in [1.82, 2.24) is 0 Å². The largest absolute Gasteiger partial charge is 0.490 e. The fourth-order valence-corrected chi connectivity index (χ4v) is 1.61. The summed E-state index contributed by atoms with van der Waals surface area (Å²) in [5, 5.41) is 9.04. The Kier molecular flexibility index (Phi) is 3.08. The number of ether oxygens (including phenoxy) is 2. The molecule has 0 aliphatic carbocycles. The van der Waals surface area contributed by atoms with Gasteiger partial charge in [-0.15, -0.1) is 0 Å². The summed E-state index contributed by atoms with van der Waals surface area (Å²) in [4.78, 5) is 0. The molecule has 1 aromatic rings. The monoisotopic (exact) mass is 209 g/mol. The van der Waals surface area contributed by atoms with Crippen molar-refractivity contribution in [3.8, 4) is 11.5 Å². The fourth-order valence-electron chi connectivity index (χ4n) is 1.61. The minimum absolute atomic E-state index is 0.0974. The van der Waals surface area contributed by atoms with Crippen LogP contribution in [0.4, 0.5) is 0 Å². The van der Waals surface area contributed by atoms with Crippen molar-refractivity contribution in [2.45, 2.75) is 12.5 Å². The van der Waals surface area contributed by atoms with Gasteiger partial charge in [-0.2, -0.15) is 0 Å². The lowest BCUT2D eigenvalue weighted by Gasteiger charge is -2.15. The molecule has 4 heteroatoms. The van der Waals surface area contributed by atoms with E-state index >= 15 is 0 Å². The molecule has 0 saturated carbocycles. The van der Waals surface area contributed by atoms with Crippen LogP contribution in [0.2, 0.25) is 0 Å². The standard InChI is InChI=1S/C11H15NO3/c12-9(7-13)8-3-1-4-10-11(8)15-6-2-5-14-10/h1,3-4,9,13H,2,5-7,12H2. The topological polar surface area (TPSA) is 64.7 Å². The molecule has 15 heavy (non-hydrogen) atoms. The van der Waals surface area contributed by atoms with Crippen molar-refractivity contribution in [2.75, 3.05) is 19.8 Å². The molecule has 0 radical (unpaired) electrons. The maximum absolute atomic E-state index is 9.04. The summed E-state index contributed by atoms with van der Waals surface area (Å²) in [6.07, 6.45) is 0.864. The average molecular weight is 209 g/mol. The van der Waals surface area contributed by atoms with Gasteiger partial charge in [0, 0.05) is 12.0 Å². The maximum atomic E-state index is 9.04. The van der Waals surface area contributed by atoms with Crippen molar-refractivity contribution in [3.05, 3.63) is 23.8 Å². The van der Waals surface area contributed by atoms with Gasteiger partial charge in [0.2, 0.25) is 0 Å². The van der Waals surface area contributed by atoms with Gasteiger partial charge in [0.1, 0.15) is 0 Å². The Morgan fingerprint density at radius 2 is 2.13 bits per heavy atom. The molecule has 4 nitrogen and oxygen atoms in total. The maximum Gasteiger partial charge on any atom is 0.166 e. The molecule has 1 aliphatic heterocycles. The number of aliphatic hydroxyl groups is 1. The Morgan fingerprint density at radius 1 is 1.33 bits per heavy atom. The lowest BCUT2D eigenvalue weighted by atomic mass is 10.1. The summed E-state index contributed by atoms with van der Waals surface area (Å²) in [6.45, 7) is 1.19. The van der Waals surface area contributed by atoms with Crippen LogP contribution < -0.4 is 15.2 Å². The first kappa shape index (κ1) is 10.3. The first-order valence-corrected chi connectivity index (χ1v) is 5.08. The second-order valence-electron chi connectivity index (χ2n) is 3.51. The molecule has 0 fully saturated rings. The zero-order valence-electron chi connectivity index (χ0n) is 8.48. The van der Waals surface area contributed by atoms with Crippen LogP contribution in [0, 0.1) is 0 Å². The molecule has 3 N–H and O–H groups in total. The van der Waals surface area contributed by atoms with Gasteiger partial charge in [0.15, 0.2) is 11.5 Å². The predicted molar refractivity (Wildman–Crippen MR) is 56.1 cm³/mol. The van der Waals surface area contributed by atoms with E-state index in [1.165, 1.54) is 0 Å². The number of aliphatic hydroxyl groups excluding tert-OH is 1. The van der Waals surface area contributed by atoms with Gasteiger partial charge in [-0.1, -0.05) is 12.1 Å². The second kappa shape index (κ2) is 4.51. The smallest absolute Gasteiger partial charge is 0.166 e. The van der Waals surface area contributed by atoms with Crippen molar-refractivity contribution in [3.63, 3.8) is 0 Å². The molecule has 0 saturated heterocycles. The quantitative estimate of drug-likeness (QED) is 0.757. The van der Waals surface area contributed by atoms with Crippen molar-refractivity contribution in [1.29, 1.82) is 0 Å². The lowest BCUT2D eigenvalue weighted by Crippen LogP contribution is -2.15. The van der Waals surface area contributed by atoms with Crippen LogP contribution in [0.3, 0.4) is 0 Å². The van der Waals surface area contributed by atoms with E-state index in [0.29, 0.717) is 24.7 Å². The minimum Gasteiger partial charge on any atom is -0.490 e. The molecule has 1 atom stereocenters. The van der Waals surface area contributed by atoms with E-state index in [9.17, 15) is 0 Å². The summed E-state index contributed by atoms with van der Waals surface area (Å²) in [7, 11) is 0. The SMILES string of the molecule is NC(CO)c1cccc2c1OCCCO2. The van der Waals surface area contributed by atoms with E-state index in [4.69, 9.17) is 20.3 Å². The summed E-state index contributed by atoms with van der Waals surface area (Å²) in [6, 6.07) is 5.16. The molecule has 1 aromatic carbocycles. The number of nitrogens with two attached hydrogens (primary N) is 1. The summed E-state index contributed by atoms with van der Waals surface area (Å²) in [5.74, 6) is 1.39.